The number of anilines is 2. The molecule has 0 saturated carbocycles. The maximum atomic E-state index is 15.2. The van der Waals surface area contributed by atoms with Crippen LogP contribution in [0.5, 0.6) is 0 Å². The fraction of sp³-hybridized carbons (Fsp3) is 0.567. The molecule has 0 bridgehead atoms. The van der Waals surface area contributed by atoms with Crippen molar-refractivity contribution in [2.45, 2.75) is 58.9 Å². The quantitative estimate of drug-likeness (QED) is 0.426. The predicted octanol–water partition coefficient (Wildman–Crippen LogP) is 5.66. The van der Waals surface area contributed by atoms with E-state index >= 15 is 4.39 Å². The van der Waals surface area contributed by atoms with Crippen LogP contribution < -0.4 is 9.80 Å². The van der Waals surface area contributed by atoms with Crippen LogP contribution in [0.15, 0.2) is 42.5 Å². The van der Waals surface area contributed by atoms with Gasteiger partial charge in [0.1, 0.15) is 5.82 Å². The Hall–Kier alpha value is -2.44. The molecule has 4 rings (SSSR count). The van der Waals surface area contributed by atoms with Gasteiger partial charge in [0.15, 0.2) is 0 Å². The van der Waals surface area contributed by atoms with E-state index in [1.165, 1.54) is 11.1 Å². The Labute approximate surface area is 216 Å². The summed E-state index contributed by atoms with van der Waals surface area (Å²) in [4.78, 5) is 19.6. The molecule has 36 heavy (non-hydrogen) atoms. The lowest BCUT2D eigenvalue weighted by atomic mass is 9.95. The van der Waals surface area contributed by atoms with Gasteiger partial charge in [0.25, 0.3) is 0 Å². The number of amides is 1. The van der Waals surface area contributed by atoms with Gasteiger partial charge >= 0.3 is 0 Å². The number of likely N-dealkylation sites (tertiary alicyclic amines) is 1. The number of ether oxygens (including phenoxy) is 1. The smallest absolute Gasteiger partial charge is 0.226 e. The normalized spacial score (nSPS) is 17.4. The highest BCUT2D eigenvalue weighted by Crippen LogP contribution is 2.29. The first kappa shape index (κ1) is 26.6. The molecule has 0 N–H and O–H groups in total. The molecule has 0 unspecified atom stereocenters. The number of carbonyl (C=O) groups excluding carboxylic acids is 1. The number of nitrogens with zero attached hydrogens (tertiary/aromatic N) is 3. The summed E-state index contributed by atoms with van der Waals surface area (Å²) in [5, 5.41) is 0. The average molecular weight is 496 g/mol. The lowest BCUT2D eigenvalue weighted by Gasteiger charge is -2.35. The monoisotopic (exact) mass is 495 g/mol. The maximum absolute atomic E-state index is 15.2. The van der Waals surface area contributed by atoms with Crippen LogP contribution in [0.1, 0.15) is 57.1 Å². The van der Waals surface area contributed by atoms with E-state index in [1.807, 2.05) is 21.9 Å². The van der Waals surface area contributed by atoms with E-state index in [1.54, 1.807) is 6.07 Å². The van der Waals surface area contributed by atoms with Gasteiger partial charge in [-0.3, -0.25) is 9.69 Å². The number of morpholine rings is 1. The van der Waals surface area contributed by atoms with Crippen LogP contribution in [0.2, 0.25) is 0 Å². The van der Waals surface area contributed by atoms with Gasteiger partial charge in [-0.1, -0.05) is 44.5 Å². The first-order valence-corrected chi connectivity index (χ1v) is 13.8. The highest BCUT2D eigenvalue weighted by molar-refractivity contribution is 5.93. The Morgan fingerprint density at radius 3 is 2.33 bits per heavy atom. The minimum atomic E-state index is -0.258. The molecule has 0 spiro atoms. The van der Waals surface area contributed by atoms with E-state index in [2.05, 4.69) is 43.0 Å². The summed E-state index contributed by atoms with van der Waals surface area (Å²) in [7, 11) is 0. The van der Waals surface area contributed by atoms with E-state index in [4.69, 9.17) is 4.74 Å². The van der Waals surface area contributed by atoms with Crippen LogP contribution in [-0.2, 0) is 22.5 Å². The highest BCUT2D eigenvalue weighted by atomic mass is 19.1. The van der Waals surface area contributed by atoms with Crippen molar-refractivity contribution < 1.29 is 13.9 Å². The van der Waals surface area contributed by atoms with E-state index in [0.717, 1.165) is 51.7 Å². The van der Waals surface area contributed by atoms with Crippen molar-refractivity contribution in [3.8, 4) is 0 Å². The Morgan fingerprint density at radius 1 is 1.00 bits per heavy atom. The number of aryl methyl sites for hydroxylation is 1. The molecule has 196 valence electrons. The van der Waals surface area contributed by atoms with Crippen molar-refractivity contribution >= 4 is 17.3 Å². The van der Waals surface area contributed by atoms with Gasteiger partial charge in [-0.25, -0.2) is 4.39 Å². The summed E-state index contributed by atoms with van der Waals surface area (Å²) in [5.41, 5.74) is 4.02. The van der Waals surface area contributed by atoms with Crippen LogP contribution in [0, 0.1) is 11.7 Å². The van der Waals surface area contributed by atoms with E-state index in [-0.39, 0.29) is 11.7 Å². The van der Waals surface area contributed by atoms with Crippen LogP contribution in [0.3, 0.4) is 0 Å². The zero-order valence-corrected chi connectivity index (χ0v) is 22.1. The predicted molar refractivity (Wildman–Crippen MR) is 145 cm³/mol. The largest absolute Gasteiger partial charge is 0.378 e. The van der Waals surface area contributed by atoms with Crippen LogP contribution >= 0.6 is 0 Å². The number of piperidine rings is 1. The minimum Gasteiger partial charge on any atom is -0.378 e. The van der Waals surface area contributed by atoms with Gasteiger partial charge < -0.3 is 14.5 Å². The fourth-order valence-electron chi connectivity index (χ4n) is 5.26. The number of carbonyl (C=O) groups is 1. The molecule has 2 aliphatic heterocycles. The molecule has 0 aliphatic carbocycles. The third-order valence-corrected chi connectivity index (χ3v) is 7.63. The molecule has 0 aromatic heterocycles. The van der Waals surface area contributed by atoms with Crippen molar-refractivity contribution in [1.29, 1.82) is 0 Å². The van der Waals surface area contributed by atoms with Crippen molar-refractivity contribution in [2.75, 3.05) is 55.7 Å². The number of hydrogen-bond acceptors (Lipinski definition) is 4. The highest BCUT2D eigenvalue weighted by Gasteiger charge is 2.26. The zero-order valence-electron chi connectivity index (χ0n) is 22.1. The Balaban J connectivity index is 1.39. The average Bonchev–Trinajstić information content (AvgIpc) is 2.92. The molecule has 2 aliphatic rings. The lowest BCUT2D eigenvalue weighted by molar-refractivity contribution is -0.118. The minimum absolute atomic E-state index is 0.105. The van der Waals surface area contributed by atoms with Crippen LogP contribution in [-0.4, -0.2) is 56.7 Å². The van der Waals surface area contributed by atoms with Crippen molar-refractivity contribution in [2.24, 2.45) is 5.92 Å². The number of hydrogen-bond donors (Lipinski definition) is 0. The van der Waals surface area contributed by atoms with Gasteiger partial charge in [0, 0.05) is 38.3 Å². The third kappa shape index (κ3) is 7.07. The molecule has 0 atom stereocenters. The number of unbranched alkanes of at least 4 members (excludes halogenated alkanes) is 1. The molecule has 6 heteroatoms. The summed E-state index contributed by atoms with van der Waals surface area (Å²) >= 11 is 0. The lowest BCUT2D eigenvalue weighted by Crippen LogP contribution is -2.41. The van der Waals surface area contributed by atoms with Gasteiger partial charge in [0.05, 0.1) is 18.9 Å². The van der Waals surface area contributed by atoms with Crippen LogP contribution in [0.25, 0.3) is 0 Å². The molecule has 2 aromatic carbocycles. The maximum Gasteiger partial charge on any atom is 0.226 e. The Kier molecular flexibility index (Phi) is 9.76. The molecule has 1 amide bonds. The molecule has 2 fully saturated rings. The molecule has 2 heterocycles. The zero-order chi connectivity index (χ0) is 25.3. The third-order valence-electron chi connectivity index (χ3n) is 7.63. The second kappa shape index (κ2) is 13.2. The fourth-order valence-corrected chi connectivity index (χ4v) is 5.26. The Morgan fingerprint density at radius 2 is 1.69 bits per heavy atom. The topological polar surface area (TPSA) is 36.0 Å². The second-order valence-electron chi connectivity index (χ2n) is 10.2. The van der Waals surface area contributed by atoms with Gasteiger partial charge in [-0.15, -0.1) is 0 Å². The summed E-state index contributed by atoms with van der Waals surface area (Å²) in [6, 6.07) is 14.3. The van der Waals surface area contributed by atoms with Gasteiger partial charge in [-0.05, 0) is 74.0 Å². The van der Waals surface area contributed by atoms with Crippen molar-refractivity contribution in [3.63, 3.8) is 0 Å². The first-order valence-electron chi connectivity index (χ1n) is 13.8. The summed E-state index contributed by atoms with van der Waals surface area (Å²) < 4.78 is 20.6. The van der Waals surface area contributed by atoms with Gasteiger partial charge in [0.2, 0.25) is 5.91 Å². The van der Waals surface area contributed by atoms with Gasteiger partial charge in [-0.2, -0.15) is 0 Å². The first-order chi connectivity index (χ1) is 17.6. The summed E-state index contributed by atoms with van der Waals surface area (Å²) in [6.45, 7) is 10.6. The van der Waals surface area contributed by atoms with E-state index < -0.39 is 0 Å². The standard InChI is InChI=1S/C30H42FN3O2/c1-3-5-6-30(35)34(27-11-12-29(28(31)21-27)33-17-19-36-20-18-33)23-26-13-15-32(16-14-26)22-25-9-7-24(4-2)8-10-25/h7-12,21,26H,3-6,13-20,22-23H2,1-2H3. The molecule has 5 nitrogen and oxygen atoms in total. The summed E-state index contributed by atoms with van der Waals surface area (Å²) in [5.74, 6) is 0.275. The molecular formula is C30H42FN3O2. The molecular weight excluding hydrogens is 453 g/mol. The second-order valence-corrected chi connectivity index (χ2v) is 10.2. The van der Waals surface area contributed by atoms with E-state index in [9.17, 15) is 4.79 Å². The van der Waals surface area contributed by atoms with Crippen LogP contribution in [0.4, 0.5) is 15.8 Å². The SMILES string of the molecule is CCCCC(=O)N(CC1CCN(Cc2ccc(CC)cc2)CC1)c1ccc(N2CCOCC2)c(F)c1. The Bertz CT molecular complexity index is 967. The number of rotatable bonds is 10. The van der Waals surface area contributed by atoms with Crippen molar-refractivity contribution in [3.05, 3.63) is 59.4 Å². The van der Waals surface area contributed by atoms with E-state index in [0.29, 0.717) is 56.6 Å². The summed E-state index contributed by atoms with van der Waals surface area (Å²) in [6.07, 6.45) is 5.52. The van der Waals surface area contributed by atoms with Crippen molar-refractivity contribution in [1.82, 2.24) is 4.90 Å². The number of benzene rings is 2. The molecule has 0 radical (unpaired) electrons. The molecule has 2 saturated heterocycles. The number of halogens is 1. The molecule has 2 aromatic rings.